The Morgan fingerprint density at radius 2 is 1.65 bits per heavy atom. The van der Waals surface area contributed by atoms with Crippen LogP contribution in [0.2, 0.25) is 0 Å². The number of hydrogen-bond acceptors (Lipinski definition) is 5. The molecule has 0 aliphatic carbocycles. The zero-order valence-corrected chi connectivity index (χ0v) is 27.9. The van der Waals surface area contributed by atoms with E-state index in [9.17, 15) is 23.9 Å². The van der Waals surface area contributed by atoms with Crippen LogP contribution >= 0.6 is 0 Å². The molecule has 0 fully saturated rings. The van der Waals surface area contributed by atoms with Crippen LogP contribution in [0.5, 0.6) is 0 Å². The van der Waals surface area contributed by atoms with Gasteiger partial charge in [-0.3, -0.25) is 14.4 Å². The number of carbonyl (C=O) groups excluding carboxylic acids is 3. The molecule has 3 aromatic carbocycles. The Morgan fingerprint density at radius 3 is 2.37 bits per heavy atom. The third-order valence-electron chi connectivity index (χ3n) is 8.54. The second kappa shape index (κ2) is 19.1. The average molecular weight is 668 g/mol. The van der Waals surface area contributed by atoms with Crippen LogP contribution in [0, 0.1) is 17.7 Å². The predicted molar refractivity (Wildman–Crippen MR) is 190 cm³/mol. The first-order valence-corrected chi connectivity index (χ1v) is 16.7. The molecule has 258 valence electrons. The Labute approximate surface area is 287 Å². The van der Waals surface area contributed by atoms with Gasteiger partial charge >= 0.3 is 5.97 Å². The molecule has 4 rings (SSSR count). The number of nitrogens with one attached hydrogen (secondary N) is 2. The van der Waals surface area contributed by atoms with E-state index in [1.54, 1.807) is 29.2 Å². The number of hydrogen-bond donors (Lipinski definition) is 3. The number of aliphatic hydroxyl groups is 1. The van der Waals surface area contributed by atoms with Crippen LogP contribution in [0.25, 0.3) is 10.9 Å². The summed E-state index contributed by atoms with van der Waals surface area (Å²) in [5.41, 5.74) is 3.62. The fraction of sp³-hybridized carbons (Fsp3) is 0.325. The van der Waals surface area contributed by atoms with Crippen LogP contribution in [0.4, 0.5) is 4.39 Å². The summed E-state index contributed by atoms with van der Waals surface area (Å²) >= 11 is 0. The summed E-state index contributed by atoms with van der Waals surface area (Å²) in [6, 6.07) is 22.8. The van der Waals surface area contributed by atoms with Gasteiger partial charge in [-0.15, -0.1) is 13.2 Å². The number of para-hydroxylation sites is 1. The normalized spacial score (nSPS) is 12.9. The van der Waals surface area contributed by atoms with Crippen LogP contribution < -0.4 is 5.32 Å². The molecule has 4 aromatic rings. The number of nitrogens with zero attached hydrogens (tertiary/aromatic N) is 1. The van der Waals surface area contributed by atoms with Gasteiger partial charge in [0, 0.05) is 36.6 Å². The van der Waals surface area contributed by atoms with Crippen molar-refractivity contribution < 1.29 is 28.6 Å². The molecule has 0 bridgehead atoms. The van der Waals surface area contributed by atoms with E-state index in [1.165, 1.54) is 12.1 Å². The van der Waals surface area contributed by atoms with E-state index in [1.807, 2.05) is 60.8 Å². The molecule has 1 heterocycles. The van der Waals surface area contributed by atoms with Gasteiger partial charge in [-0.1, -0.05) is 72.8 Å². The molecule has 1 aromatic heterocycles. The third kappa shape index (κ3) is 11.3. The summed E-state index contributed by atoms with van der Waals surface area (Å²) in [5.74, 6) is -2.58. The number of aromatic amines is 1. The molecule has 0 unspecified atom stereocenters. The Morgan fingerprint density at radius 1 is 0.918 bits per heavy atom. The molecular formula is C40H46FN3O5. The Kier molecular flexibility index (Phi) is 14.3. The first-order valence-electron chi connectivity index (χ1n) is 16.7. The molecule has 0 saturated carbocycles. The van der Waals surface area contributed by atoms with Crippen molar-refractivity contribution in [3.63, 3.8) is 0 Å². The highest BCUT2D eigenvalue weighted by molar-refractivity contribution is 5.86. The molecule has 9 heteroatoms. The van der Waals surface area contributed by atoms with Crippen molar-refractivity contribution >= 4 is 28.7 Å². The van der Waals surface area contributed by atoms with E-state index in [0.29, 0.717) is 32.2 Å². The van der Waals surface area contributed by atoms with Gasteiger partial charge < -0.3 is 25.0 Å². The number of rotatable bonds is 20. The molecule has 0 aliphatic heterocycles. The maximum absolute atomic E-state index is 13.8. The third-order valence-corrected chi connectivity index (χ3v) is 8.54. The van der Waals surface area contributed by atoms with Crippen molar-refractivity contribution in [2.75, 3.05) is 19.8 Å². The number of H-pyrrole nitrogens is 1. The Hall–Kier alpha value is -5.02. The van der Waals surface area contributed by atoms with Gasteiger partial charge in [0.2, 0.25) is 11.8 Å². The van der Waals surface area contributed by atoms with Gasteiger partial charge in [0.15, 0.2) is 0 Å². The standard InChI is InChI=1S/C40H46FN3O5/c1-3-5-14-32(23-29-17-19-34(41)20-18-29)40(48)49-28-35(24-33-26-42-37-16-10-9-15-36(33)37)43-39(47)31(11-4-2)25-38(46)44(21-22-45)27-30-12-7-6-8-13-30/h3-4,6-10,12-13,15-20,26,31-32,35,42,45H,1-2,5,11,14,21-25,27-28H2,(H,43,47)/t31-,32+,35+/m0/s1. The fourth-order valence-corrected chi connectivity index (χ4v) is 5.91. The number of fused-ring (bicyclic) bond motifs is 1. The lowest BCUT2D eigenvalue weighted by molar-refractivity contribution is -0.150. The maximum atomic E-state index is 13.8. The van der Waals surface area contributed by atoms with Crippen LogP contribution in [0.15, 0.2) is 110 Å². The number of allylic oxidation sites excluding steroid dienone is 2. The maximum Gasteiger partial charge on any atom is 0.309 e. The number of esters is 1. The monoisotopic (exact) mass is 667 g/mol. The average Bonchev–Trinajstić information content (AvgIpc) is 3.52. The predicted octanol–water partition coefficient (Wildman–Crippen LogP) is 6.31. The lowest BCUT2D eigenvalue weighted by atomic mass is 9.94. The van der Waals surface area contributed by atoms with E-state index in [4.69, 9.17) is 4.74 Å². The fourth-order valence-electron chi connectivity index (χ4n) is 5.91. The van der Waals surface area contributed by atoms with Crippen LogP contribution in [0.1, 0.15) is 42.4 Å². The second-order valence-corrected chi connectivity index (χ2v) is 12.2. The topological polar surface area (TPSA) is 112 Å². The lowest BCUT2D eigenvalue weighted by Crippen LogP contribution is -2.45. The highest BCUT2D eigenvalue weighted by Gasteiger charge is 2.28. The molecule has 0 saturated heterocycles. The molecule has 3 atom stereocenters. The van der Waals surface area contributed by atoms with Crippen molar-refractivity contribution in [1.82, 2.24) is 15.2 Å². The van der Waals surface area contributed by atoms with Gasteiger partial charge in [-0.05, 0) is 67.0 Å². The first kappa shape index (κ1) is 36.8. The van der Waals surface area contributed by atoms with Crippen molar-refractivity contribution in [2.24, 2.45) is 11.8 Å². The number of ether oxygens (including phenoxy) is 1. The van der Waals surface area contributed by atoms with Gasteiger partial charge in [-0.2, -0.15) is 0 Å². The Balaban J connectivity index is 1.50. The number of aliphatic hydroxyl groups excluding tert-OH is 1. The van der Waals surface area contributed by atoms with Gasteiger partial charge in [0.1, 0.15) is 12.4 Å². The summed E-state index contributed by atoms with van der Waals surface area (Å²) in [7, 11) is 0. The molecule has 0 spiro atoms. The van der Waals surface area contributed by atoms with Crippen molar-refractivity contribution in [3.8, 4) is 0 Å². The molecule has 2 amide bonds. The van der Waals surface area contributed by atoms with Gasteiger partial charge in [0.25, 0.3) is 0 Å². The molecule has 8 nitrogen and oxygen atoms in total. The summed E-state index contributed by atoms with van der Waals surface area (Å²) in [6.07, 6.45) is 7.28. The largest absolute Gasteiger partial charge is 0.463 e. The van der Waals surface area contributed by atoms with E-state index >= 15 is 0 Å². The molecule has 3 N–H and O–H groups in total. The molecule has 49 heavy (non-hydrogen) atoms. The summed E-state index contributed by atoms with van der Waals surface area (Å²) in [4.78, 5) is 45.6. The van der Waals surface area contributed by atoms with Gasteiger partial charge in [0.05, 0.1) is 24.5 Å². The highest BCUT2D eigenvalue weighted by atomic mass is 19.1. The van der Waals surface area contributed by atoms with E-state index in [2.05, 4.69) is 23.5 Å². The highest BCUT2D eigenvalue weighted by Crippen LogP contribution is 2.22. The summed E-state index contributed by atoms with van der Waals surface area (Å²) < 4.78 is 19.4. The number of benzene rings is 3. The number of carbonyl (C=O) groups is 3. The smallest absolute Gasteiger partial charge is 0.309 e. The summed E-state index contributed by atoms with van der Waals surface area (Å²) in [5, 5.41) is 13.7. The quantitative estimate of drug-likeness (QED) is 0.0756. The van der Waals surface area contributed by atoms with Crippen molar-refractivity contribution in [2.45, 2.75) is 51.1 Å². The van der Waals surface area contributed by atoms with Crippen molar-refractivity contribution in [1.29, 1.82) is 0 Å². The minimum atomic E-state index is -0.720. The minimum absolute atomic E-state index is 0.0778. The SMILES string of the molecule is C=CCC[C@H](Cc1ccc(F)cc1)C(=O)OC[C@@H](Cc1c[nH]c2ccccc12)NC(=O)[C@@H](CC=C)CC(=O)N(CCO)Cc1ccccc1. The van der Waals surface area contributed by atoms with Crippen molar-refractivity contribution in [3.05, 3.63) is 133 Å². The van der Waals surface area contributed by atoms with Crippen LogP contribution in [0.3, 0.4) is 0 Å². The number of aromatic nitrogens is 1. The van der Waals surface area contributed by atoms with E-state index < -0.39 is 23.8 Å². The zero-order valence-electron chi connectivity index (χ0n) is 27.9. The number of halogens is 1. The molecule has 0 radical (unpaired) electrons. The van der Waals surface area contributed by atoms with E-state index in [-0.39, 0.29) is 50.2 Å². The zero-order chi connectivity index (χ0) is 35.0. The lowest BCUT2D eigenvalue weighted by Gasteiger charge is -2.26. The van der Waals surface area contributed by atoms with Gasteiger partial charge in [-0.25, -0.2) is 4.39 Å². The number of amides is 2. The Bertz CT molecular complexity index is 1670. The van der Waals surface area contributed by atoms with E-state index in [0.717, 1.165) is 27.6 Å². The summed E-state index contributed by atoms with van der Waals surface area (Å²) in [6.45, 7) is 7.75. The minimum Gasteiger partial charge on any atom is -0.463 e. The molecular weight excluding hydrogens is 621 g/mol. The first-order chi connectivity index (χ1) is 23.8. The van der Waals surface area contributed by atoms with Crippen LogP contribution in [-0.2, 0) is 38.5 Å². The molecule has 0 aliphatic rings. The second-order valence-electron chi connectivity index (χ2n) is 12.2. The van der Waals surface area contributed by atoms with Crippen LogP contribution in [-0.4, -0.2) is 58.6 Å².